The molecule has 5 atom stereocenters. The lowest BCUT2D eigenvalue weighted by atomic mass is 10.0. The van der Waals surface area contributed by atoms with Gasteiger partial charge in [-0.1, -0.05) is 161 Å². The van der Waals surface area contributed by atoms with Crippen molar-refractivity contribution in [2.24, 2.45) is 5.92 Å². The highest BCUT2D eigenvalue weighted by atomic mass is 31.2. The van der Waals surface area contributed by atoms with Crippen LogP contribution in [-0.2, 0) is 37.4 Å². The maximum absolute atomic E-state index is 12.6. The smallest absolute Gasteiger partial charge is 0.462 e. The SMILES string of the molecule is CCCCC/C=C\CC1OC1CCCCCCCC(=O)O[C@H](COC(=O)CCCCCCCCCCCCCCCCC(C)C)COP(=O)(O)OC[C@@H](O)CO. The average molecular weight is 819 g/mol. The normalized spacial score (nSPS) is 17.6. The van der Waals surface area contributed by atoms with Gasteiger partial charge in [0.25, 0.3) is 0 Å². The number of hydrogen-bond acceptors (Lipinski definition) is 10. The number of unbranched alkanes of at least 4 members (excludes halogenated alkanes) is 20. The molecule has 1 heterocycles. The van der Waals surface area contributed by atoms with Crippen LogP contribution < -0.4 is 0 Å². The Balaban J connectivity index is 2.22. The molecule has 1 fully saturated rings. The number of aliphatic hydroxyl groups excluding tert-OH is 2. The van der Waals surface area contributed by atoms with Gasteiger partial charge in [-0.2, -0.15) is 0 Å². The molecule has 12 heteroatoms. The van der Waals surface area contributed by atoms with Crippen LogP contribution in [0.5, 0.6) is 0 Å². The van der Waals surface area contributed by atoms with Gasteiger partial charge in [-0.15, -0.1) is 0 Å². The van der Waals surface area contributed by atoms with E-state index in [-0.39, 0.29) is 19.4 Å². The van der Waals surface area contributed by atoms with Crippen molar-refractivity contribution >= 4 is 19.8 Å². The molecule has 11 nitrogen and oxygen atoms in total. The van der Waals surface area contributed by atoms with Crippen LogP contribution in [-0.4, -0.2) is 77.9 Å². The lowest BCUT2D eigenvalue weighted by Crippen LogP contribution is -2.29. The quantitative estimate of drug-likeness (QED) is 0.0177. The Hall–Kier alpha value is -1.33. The Kier molecular flexibility index (Phi) is 33.5. The molecule has 1 saturated heterocycles. The summed E-state index contributed by atoms with van der Waals surface area (Å²) in [6, 6.07) is 0. The summed E-state index contributed by atoms with van der Waals surface area (Å²) in [5, 5.41) is 18.4. The van der Waals surface area contributed by atoms with Gasteiger partial charge in [-0.25, -0.2) is 4.57 Å². The third-order valence-corrected chi connectivity index (χ3v) is 11.2. The zero-order chi connectivity index (χ0) is 41.1. The van der Waals surface area contributed by atoms with E-state index in [0.717, 1.165) is 70.1 Å². The molecule has 0 aromatic carbocycles. The number of carbonyl (C=O) groups is 2. The summed E-state index contributed by atoms with van der Waals surface area (Å²) in [5.41, 5.74) is 0. The molecule has 0 bridgehead atoms. The van der Waals surface area contributed by atoms with Crippen LogP contribution in [0.15, 0.2) is 12.2 Å². The molecular formula is C44H83O11P. The van der Waals surface area contributed by atoms with Gasteiger partial charge in [-0.05, 0) is 44.4 Å². The number of phosphoric ester groups is 1. The second-order valence-corrected chi connectivity index (χ2v) is 17.7. The summed E-state index contributed by atoms with van der Waals surface area (Å²) in [4.78, 5) is 35.1. The van der Waals surface area contributed by atoms with E-state index < -0.39 is 51.8 Å². The predicted molar refractivity (Wildman–Crippen MR) is 223 cm³/mol. The molecule has 0 aliphatic carbocycles. The molecule has 1 aliphatic heterocycles. The Morgan fingerprint density at radius 1 is 0.679 bits per heavy atom. The zero-order valence-corrected chi connectivity index (χ0v) is 36.6. The molecule has 0 radical (unpaired) electrons. The number of carbonyl (C=O) groups excluding carboxylic acids is 2. The minimum absolute atomic E-state index is 0.164. The number of rotatable bonds is 41. The number of allylic oxidation sites excluding steroid dienone is 1. The maximum atomic E-state index is 12.6. The largest absolute Gasteiger partial charge is 0.472 e. The van der Waals surface area contributed by atoms with Crippen molar-refractivity contribution in [3.8, 4) is 0 Å². The first-order chi connectivity index (χ1) is 27.1. The lowest BCUT2D eigenvalue weighted by Gasteiger charge is -2.20. The Morgan fingerprint density at radius 3 is 1.79 bits per heavy atom. The summed E-state index contributed by atoms with van der Waals surface area (Å²) in [6.45, 7) is 4.68. The third kappa shape index (κ3) is 33.6. The predicted octanol–water partition coefficient (Wildman–Crippen LogP) is 10.9. The van der Waals surface area contributed by atoms with E-state index in [4.69, 9.17) is 28.4 Å². The van der Waals surface area contributed by atoms with Crippen molar-refractivity contribution in [3.05, 3.63) is 12.2 Å². The van der Waals surface area contributed by atoms with E-state index in [2.05, 4.69) is 32.9 Å². The van der Waals surface area contributed by atoms with Gasteiger partial charge < -0.3 is 29.3 Å². The number of esters is 2. The Labute approximate surface area is 341 Å². The van der Waals surface area contributed by atoms with E-state index in [1.54, 1.807) is 0 Å². The van der Waals surface area contributed by atoms with Gasteiger partial charge in [0, 0.05) is 12.8 Å². The number of epoxide rings is 1. The summed E-state index contributed by atoms with van der Waals surface area (Å²) in [6.07, 6.45) is 33.4. The lowest BCUT2D eigenvalue weighted by molar-refractivity contribution is -0.161. The van der Waals surface area contributed by atoms with Crippen LogP contribution in [0, 0.1) is 5.92 Å². The molecular weight excluding hydrogens is 735 g/mol. The second-order valence-electron chi connectivity index (χ2n) is 16.3. The fourth-order valence-electron chi connectivity index (χ4n) is 6.66. The zero-order valence-electron chi connectivity index (χ0n) is 35.7. The first-order valence-electron chi connectivity index (χ1n) is 22.6. The van der Waals surface area contributed by atoms with E-state index in [9.17, 15) is 24.2 Å². The van der Waals surface area contributed by atoms with Crippen LogP contribution in [0.4, 0.5) is 0 Å². The first-order valence-corrected chi connectivity index (χ1v) is 24.1. The summed E-state index contributed by atoms with van der Waals surface area (Å²) < 4.78 is 38.6. The minimum Gasteiger partial charge on any atom is -0.462 e. The molecule has 3 N–H and O–H groups in total. The summed E-state index contributed by atoms with van der Waals surface area (Å²) in [7, 11) is -4.62. The van der Waals surface area contributed by atoms with Crippen molar-refractivity contribution in [1.82, 2.24) is 0 Å². The van der Waals surface area contributed by atoms with Gasteiger partial charge in [0.15, 0.2) is 6.10 Å². The minimum atomic E-state index is -4.62. The van der Waals surface area contributed by atoms with Crippen LogP contribution in [0.25, 0.3) is 0 Å². The van der Waals surface area contributed by atoms with Gasteiger partial charge in [0.1, 0.15) is 12.7 Å². The van der Waals surface area contributed by atoms with E-state index in [0.29, 0.717) is 25.0 Å². The molecule has 1 aliphatic rings. The standard InChI is InChI=1S/C44H83O11P/c1-4-5-6-7-20-25-30-41-42(55-41)31-26-21-18-23-28-33-44(48)54-40(37-53-56(49,50)52-35-39(46)34-45)36-51-43(47)32-27-22-17-15-13-11-9-8-10-12-14-16-19-24-29-38(2)3/h20,25,38-42,45-46H,4-19,21-24,26-37H2,1-3H3,(H,49,50)/b25-20-/t39-,40+,41?,42?/m0/s1. The molecule has 0 saturated carbocycles. The van der Waals surface area contributed by atoms with Crippen LogP contribution in [0.3, 0.4) is 0 Å². The topological polar surface area (TPSA) is 161 Å². The van der Waals surface area contributed by atoms with Crippen LogP contribution in [0.1, 0.15) is 201 Å². The number of phosphoric acid groups is 1. The van der Waals surface area contributed by atoms with Crippen molar-refractivity contribution < 1.29 is 52.5 Å². The monoisotopic (exact) mass is 819 g/mol. The highest BCUT2D eigenvalue weighted by Crippen LogP contribution is 2.43. The first kappa shape index (κ1) is 52.7. The number of aliphatic hydroxyl groups is 2. The van der Waals surface area contributed by atoms with Crippen LogP contribution >= 0.6 is 7.82 Å². The Bertz CT molecular complexity index is 1020. The fourth-order valence-corrected chi connectivity index (χ4v) is 7.45. The van der Waals surface area contributed by atoms with Crippen molar-refractivity contribution in [3.63, 3.8) is 0 Å². The van der Waals surface area contributed by atoms with Gasteiger partial charge in [0.05, 0.1) is 32.0 Å². The van der Waals surface area contributed by atoms with Crippen molar-refractivity contribution in [2.75, 3.05) is 26.4 Å². The fraction of sp³-hybridized carbons (Fsp3) is 0.909. The molecule has 330 valence electrons. The van der Waals surface area contributed by atoms with Crippen molar-refractivity contribution in [1.29, 1.82) is 0 Å². The summed E-state index contributed by atoms with van der Waals surface area (Å²) >= 11 is 0. The van der Waals surface area contributed by atoms with Gasteiger partial charge in [-0.3, -0.25) is 18.6 Å². The summed E-state index contributed by atoms with van der Waals surface area (Å²) in [5.74, 6) is -0.117. The highest BCUT2D eigenvalue weighted by molar-refractivity contribution is 7.47. The third-order valence-electron chi connectivity index (χ3n) is 10.3. The van der Waals surface area contributed by atoms with E-state index >= 15 is 0 Å². The van der Waals surface area contributed by atoms with E-state index in [1.807, 2.05) is 0 Å². The maximum Gasteiger partial charge on any atom is 0.472 e. The highest BCUT2D eigenvalue weighted by Gasteiger charge is 2.36. The molecule has 0 aromatic heterocycles. The number of hydrogen-bond donors (Lipinski definition) is 3. The molecule has 1 rings (SSSR count). The molecule has 3 unspecified atom stereocenters. The Morgan fingerprint density at radius 2 is 1.21 bits per heavy atom. The van der Waals surface area contributed by atoms with Crippen LogP contribution in [0.2, 0.25) is 0 Å². The van der Waals surface area contributed by atoms with Gasteiger partial charge >= 0.3 is 19.8 Å². The molecule has 0 aromatic rings. The molecule has 0 amide bonds. The molecule has 56 heavy (non-hydrogen) atoms. The van der Waals surface area contributed by atoms with E-state index in [1.165, 1.54) is 89.9 Å². The second kappa shape index (κ2) is 35.6. The van der Waals surface area contributed by atoms with Gasteiger partial charge in [0.2, 0.25) is 0 Å². The molecule has 0 spiro atoms. The number of ether oxygens (including phenoxy) is 3. The average Bonchev–Trinajstić information content (AvgIpc) is 3.93. The van der Waals surface area contributed by atoms with Crippen molar-refractivity contribution in [2.45, 2.75) is 225 Å².